The molecule has 0 spiro atoms. The first-order chi connectivity index (χ1) is 13.2. The molecule has 0 N–H and O–H groups in total. The average Bonchev–Trinajstić information content (AvgIpc) is 2.74. The lowest BCUT2D eigenvalue weighted by atomic mass is 10.2. The molecular formula is C20H23ClN4O2. The Hall–Kier alpha value is -2.31. The predicted octanol–water partition coefficient (Wildman–Crippen LogP) is 2.53. The summed E-state index contributed by atoms with van der Waals surface area (Å²) in [4.78, 5) is 23.6. The number of amides is 1. The quantitative estimate of drug-likeness (QED) is 0.811. The zero-order chi connectivity index (χ0) is 18.6. The fraction of sp³-hybridized carbons (Fsp3) is 0.400. The molecule has 2 saturated heterocycles. The molecule has 0 saturated carbocycles. The van der Waals surface area contributed by atoms with Crippen LogP contribution >= 0.6 is 11.6 Å². The van der Waals surface area contributed by atoms with Gasteiger partial charge in [-0.3, -0.25) is 9.78 Å². The molecule has 0 aliphatic carbocycles. The number of carbonyl (C=O) groups excluding carboxylic acids is 1. The van der Waals surface area contributed by atoms with Gasteiger partial charge in [0.1, 0.15) is 0 Å². The van der Waals surface area contributed by atoms with E-state index in [2.05, 4.69) is 20.9 Å². The number of halogens is 1. The van der Waals surface area contributed by atoms with Crippen LogP contribution in [0, 0.1) is 0 Å². The van der Waals surface area contributed by atoms with Gasteiger partial charge in [0.25, 0.3) is 5.91 Å². The Morgan fingerprint density at radius 2 is 1.67 bits per heavy atom. The number of benzene rings is 1. The minimum Gasteiger partial charge on any atom is -0.378 e. The van der Waals surface area contributed by atoms with Gasteiger partial charge < -0.3 is 19.4 Å². The molecule has 2 aliphatic rings. The largest absolute Gasteiger partial charge is 0.378 e. The zero-order valence-electron chi connectivity index (χ0n) is 15.2. The second-order valence-corrected chi connectivity index (χ2v) is 7.23. The fourth-order valence-electron chi connectivity index (χ4n) is 3.56. The van der Waals surface area contributed by atoms with Crippen LogP contribution in [-0.4, -0.2) is 68.3 Å². The van der Waals surface area contributed by atoms with Crippen molar-refractivity contribution >= 4 is 28.9 Å². The van der Waals surface area contributed by atoms with Gasteiger partial charge in [0, 0.05) is 56.2 Å². The summed E-state index contributed by atoms with van der Waals surface area (Å²) in [6, 6.07) is 9.80. The Labute approximate surface area is 164 Å². The number of rotatable bonds is 3. The predicted molar refractivity (Wildman–Crippen MR) is 107 cm³/mol. The number of hydrogen-bond donors (Lipinski definition) is 0. The van der Waals surface area contributed by atoms with Crippen LogP contribution in [0.2, 0.25) is 5.02 Å². The summed E-state index contributed by atoms with van der Waals surface area (Å²) in [5.74, 6) is 0.0448. The zero-order valence-corrected chi connectivity index (χ0v) is 15.9. The van der Waals surface area contributed by atoms with E-state index in [4.69, 9.17) is 16.3 Å². The number of pyridine rings is 1. The van der Waals surface area contributed by atoms with Crippen LogP contribution < -0.4 is 9.80 Å². The lowest BCUT2D eigenvalue weighted by molar-refractivity contribution is 0.0746. The van der Waals surface area contributed by atoms with E-state index in [1.54, 1.807) is 6.20 Å². The maximum atomic E-state index is 12.9. The number of carbonyl (C=O) groups is 1. The van der Waals surface area contributed by atoms with Crippen LogP contribution in [0.4, 0.5) is 11.4 Å². The van der Waals surface area contributed by atoms with Crippen LogP contribution in [-0.2, 0) is 4.74 Å². The summed E-state index contributed by atoms with van der Waals surface area (Å²) < 4.78 is 5.40. The number of nitrogens with zero attached hydrogens (tertiary/aromatic N) is 4. The van der Waals surface area contributed by atoms with Crippen LogP contribution in [0.1, 0.15) is 10.4 Å². The third-order valence-electron chi connectivity index (χ3n) is 5.09. The molecule has 4 rings (SSSR count). The van der Waals surface area contributed by atoms with Crippen molar-refractivity contribution < 1.29 is 9.53 Å². The first-order valence-electron chi connectivity index (χ1n) is 9.28. The van der Waals surface area contributed by atoms with Gasteiger partial charge in [0.15, 0.2) is 0 Å². The maximum absolute atomic E-state index is 12.9. The van der Waals surface area contributed by atoms with Crippen molar-refractivity contribution in [2.24, 2.45) is 0 Å². The molecule has 2 fully saturated rings. The minimum absolute atomic E-state index is 0.0448. The van der Waals surface area contributed by atoms with Crippen LogP contribution in [0.25, 0.3) is 0 Å². The standard InChI is InChI=1S/C20H23ClN4O2/c21-17-2-1-3-18(13-17)23-4-6-25(7-5-23)20(26)16-12-19(15-22-14-16)24-8-10-27-11-9-24/h1-3,12-15H,4-11H2. The SMILES string of the molecule is O=C(c1cncc(N2CCOCC2)c1)N1CCN(c2cccc(Cl)c2)CC1. The monoisotopic (exact) mass is 386 g/mol. The van der Waals surface area contributed by atoms with E-state index >= 15 is 0 Å². The number of piperazine rings is 1. The molecule has 1 amide bonds. The summed E-state index contributed by atoms with van der Waals surface area (Å²) in [7, 11) is 0. The number of morpholine rings is 1. The fourth-order valence-corrected chi connectivity index (χ4v) is 3.75. The minimum atomic E-state index is 0.0448. The molecule has 3 heterocycles. The lowest BCUT2D eigenvalue weighted by Gasteiger charge is -2.36. The first-order valence-corrected chi connectivity index (χ1v) is 9.66. The van der Waals surface area contributed by atoms with Crippen molar-refractivity contribution in [3.63, 3.8) is 0 Å². The molecule has 1 aromatic heterocycles. The van der Waals surface area contributed by atoms with Gasteiger partial charge in [-0.15, -0.1) is 0 Å². The number of ether oxygens (including phenoxy) is 1. The Kier molecular flexibility index (Phi) is 5.45. The molecule has 142 valence electrons. The van der Waals surface area contributed by atoms with Crippen LogP contribution in [0.15, 0.2) is 42.7 Å². The van der Waals surface area contributed by atoms with E-state index < -0.39 is 0 Å². The molecule has 6 nitrogen and oxygen atoms in total. The first kappa shape index (κ1) is 18.1. The van der Waals surface area contributed by atoms with E-state index in [-0.39, 0.29) is 5.91 Å². The molecule has 27 heavy (non-hydrogen) atoms. The smallest absolute Gasteiger partial charge is 0.255 e. The number of anilines is 2. The molecular weight excluding hydrogens is 364 g/mol. The number of aromatic nitrogens is 1. The topological polar surface area (TPSA) is 48.9 Å². The van der Waals surface area contributed by atoms with Gasteiger partial charge >= 0.3 is 0 Å². The highest BCUT2D eigenvalue weighted by atomic mass is 35.5. The molecule has 0 atom stereocenters. The summed E-state index contributed by atoms with van der Waals surface area (Å²) >= 11 is 6.09. The average molecular weight is 387 g/mol. The summed E-state index contributed by atoms with van der Waals surface area (Å²) in [6.07, 6.45) is 3.48. The van der Waals surface area contributed by atoms with E-state index in [0.717, 1.165) is 42.6 Å². The van der Waals surface area contributed by atoms with Crippen LogP contribution in [0.3, 0.4) is 0 Å². The molecule has 7 heteroatoms. The Balaban J connectivity index is 1.40. The molecule has 0 bridgehead atoms. The third kappa shape index (κ3) is 4.17. The molecule has 1 aromatic carbocycles. The molecule has 0 radical (unpaired) electrons. The summed E-state index contributed by atoms with van der Waals surface area (Å²) in [5, 5.41) is 0.733. The van der Waals surface area contributed by atoms with Crippen molar-refractivity contribution in [1.82, 2.24) is 9.88 Å². The maximum Gasteiger partial charge on any atom is 0.255 e. The Morgan fingerprint density at radius 1 is 0.926 bits per heavy atom. The molecule has 0 unspecified atom stereocenters. The second-order valence-electron chi connectivity index (χ2n) is 6.79. The third-order valence-corrected chi connectivity index (χ3v) is 5.32. The normalized spacial score (nSPS) is 17.9. The Morgan fingerprint density at radius 3 is 2.41 bits per heavy atom. The second kappa shape index (κ2) is 8.15. The van der Waals surface area contributed by atoms with E-state index in [9.17, 15) is 4.79 Å². The summed E-state index contributed by atoms with van der Waals surface area (Å²) in [6.45, 7) is 6.05. The van der Waals surface area contributed by atoms with Crippen molar-refractivity contribution in [2.45, 2.75) is 0 Å². The van der Waals surface area contributed by atoms with Crippen molar-refractivity contribution in [3.8, 4) is 0 Å². The highest BCUT2D eigenvalue weighted by Gasteiger charge is 2.23. The van der Waals surface area contributed by atoms with Gasteiger partial charge in [0.05, 0.1) is 30.7 Å². The van der Waals surface area contributed by atoms with Crippen molar-refractivity contribution in [3.05, 3.63) is 53.3 Å². The summed E-state index contributed by atoms with van der Waals surface area (Å²) in [5.41, 5.74) is 2.74. The van der Waals surface area contributed by atoms with Gasteiger partial charge in [0.2, 0.25) is 0 Å². The van der Waals surface area contributed by atoms with Crippen LogP contribution in [0.5, 0.6) is 0 Å². The highest BCUT2D eigenvalue weighted by molar-refractivity contribution is 6.30. The van der Waals surface area contributed by atoms with Crippen molar-refractivity contribution in [2.75, 3.05) is 62.3 Å². The number of hydrogen-bond acceptors (Lipinski definition) is 5. The highest BCUT2D eigenvalue weighted by Crippen LogP contribution is 2.22. The molecule has 2 aliphatic heterocycles. The van der Waals surface area contributed by atoms with Gasteiger partial charge in [-0.05, 0) is 24.3 Å². The Bertz CT molecular complexity index is 802. The van der Waals surface area contributed by atoms with E-state index in [0.29, 0.717) is 31.9 Å². The van der Waals surface area contributed by atoms with E-state index in [1.807, 2.05) is 35.4 Å². The van der Waals surface area contributed by atoms with Crippen molar-refractivity contribution in [1.29, 1.82) is 0 Å². The van der Waals surface area contributed by atoms with E-state index in [1.165, 1.54) is 0 Å². The van der Waals surface area contributed by atoms with Gasteiger partial charge in [-0.25, -0.2) is 0 Å². The van der Waals surface area contributed by atoms with Gasteiger partial charge in [-0.2, -0.15) is 0 Å². The molecule has 2 aromatic rings. The lowest BCUT2D eigenvalue weighted by Crippen LogP contribution is -2.48. The van der Waals surface area contributed by atoms with Gasteiger partial charge in [-0.1, -0.05) is 17.7 Å².